The van der Waals surface area contributed by atoms with Gasteiger partial charge in [0.05, 0.1) is 11.2 Å². The smallest absolute Gasteiger partial charge is 0.132 e. The van der Waals surface area contributed by atoms with E-state index in [1.54, 1.807) is 12.1 Å². The molecule has 1 aliphatic heterocycles. The van der Waals surface area contributed by atoms with Crippen LogP contribution in [0.25, 0.3) is 16.7 Å². The van der Waals surface area contributed by atoms with Crippen molar-refractivity contribution in [3.05, 3.63) is 64.4 Å². The number of aryl methyl sites for hydroxylation is 1. The molecule has 0 N–H and O–H groups in total. The van der Waals surface area contributed by atoms with E-state index in [-0.39, 0.29) is 17.0 Å². The second-order valence-corrected chi connectivity index (χ2v) is 8.60. The molecule has 2 aromatic rings. The largest absolute Gasteiger partial charge is 0.365 e. The highest BCUT2D eigenvalue weighted by atomic mass is 35.5. The lowest BCUT2D eigenvalue weighted by Gasteiger charge is -2.40. The van der Waals surface area contributed by atoms with Crippen molar-refractivity contribution in [2.24, 2.45) is 0 Å². The zero-order valence-corrected chi connectivity index (χ0v) is 16.9. The SMILES string of the molecule is CCc1ccc(-c2ccc(Cl)cc2F)cc1C1=CC(C)(C)OC(C)(C)C1. The van der Waals surface area contributed by atoms with Crippen LogP contribution in [0.1, 0.15) is 52.2 Å². The van der Waals surface area contributed by atoms with Crippen molar-refractivity contribution in [1.29, 1.82) is 0 Å². The molecule has 3 heteroatoms. The number of ether oxygens (including phenoxy) is 1. The van der Waals surface area contributed by atoms with Crippen LogP contribution in [0.15, 0.2) is 42.5 Å². The van der Waals surface area contributed by atoms with E-state index in [1.165, 1.54) is 22.8 Å². The van der Waals surface area contributed by atoms with Crippen LogP contribution in [0.2, 0.25) is 5.02 Å². The average molecular weight is 373 g/mol. The van der Waals surface area contributed by atoms with Gasteiger partial charge in [0.15, 0.2) is 0 Å². The van der Waals surface area contributed by atoms with Crippen molar-refractivity contribution in [3.63, 3.8) is 0 Å². The fourth-order valence-electron chi connectivity index (χ4n) is 3.95. The lowest BCUT2D eigenvalue weighted by atomic mass is 9.83. The normalized spacial score (nSPS) is 18.5. The van der Waals surface area contributed by atoms with Gasteiger partial charge in [0, 0.05) is 17.0 Å². The molecule has 3 rings (SSSR count). The van der Waals surface area contributed by atoms with E-state index in [0.29, 0.717) is 10.6 Å². The third kappa shape index (κ3) is 4.02. The molecular formula is C23H26ClFO. The Bertz CT molecular complexity index is 865. The summed E-state index contributed by atoms with van der Waals surface area (Å²) in [6, 6.07) is 11.0. The van der Waals surface area contributed by atoms with E-state index >= 15 is 0 Å². The summed E-state index contributed by atoms with van der Waals surface area (Å²) in [7, 11) is 0. The molecule has 0 aliphatic carbocycles. The molecule has 1 heterocycles. The molecule has 1 aliphatic rings. The van der Waals surface area contributed by atoms with Crippen LogP contribution in [-0.4, -0.2) is 11.2 Å². The van der Waals surface area contributed by atoms with Crippen LogP contribution >= 0.6 is 11.6 Å². The van der Waals surface area contributed by atoms with Crippen molar-refractivity contribution in [2.75, 3.05) is 0 Å². The first kappa shape index (κ1) is 19.1. The summed E-state index contributed by atoms with van der Waals surface area (Å²) in [5.41, 5.74) is 4.59. The Morgan fingerprint density at radius 1 is 1.04 bits per heavy atom. The lowest BCUT2D eigenvalue weighted by Crippen LogP contribution is -2.39. The minimum Gasteiger partial charge on any atom is -0.365 e. The minimum absolute atomic E-state index is 0.236. The zero-order valence-electron chi connectivity index (χ0n) is 16.1. The van der Waals surface area contributed by atoms with Crippen molar-refractivity contribution < 1.29 is 9.13 Å². The Labute approximate surface area is 160 Å². The molecule has 1 nitrogen and oxygen atoms in total. The standard InChI is InChI=1S/C23H26ClFO/c1-6-15-7-8-16(19-10-9-18(24)12-21(19)25)11-20(15)17-13-22(2,3)26-23(4,5)14-17/h7-13H,6,14H2,1-5H3. The Balaban J connectivity index is 2.13. The van der Waals surface area contributed by atoms with Gasteiger partial charge in [-0.3, -0.25) is 0 Å². The second-order valence-electron chi connectivity index (χ2n) is 8.16. The minimum atomic E-state index is -0.330. The first-order valence-corrected chi connectivity index (χ1v) is 9.49. The van der Waals surface area contributed by atoms with Gasteiger partial charge in [0.25, 0.3) is 0 Å². The topological polar surface area (TPSA) is 9.23 Å². The van der Waals surface area contributed by atoms with Gasteiger partial charge in [0.2, 0.25) is 0 Å². The number of rotatable bonds is 3. The predicted octanol–water partition coefficient (Wildman–Crippen LogP) is 7.07. The average Bonchev–Trinajstić information content (AvgIpc) is 2.51. The summed E-state index contributed by atoms with van der Waals surface area (Å²) in [5.74, 6) is -0.297. The third-order valence-corrected chi connectivity index (χ3v) is 4.99. The summed E-state index contributed by atoms with van der Waals surface area (Å²) >= 11 is 5.90. The molecule has 0 amide bonds. The summed E-state index contributed by atoms with van der Waals surface area (Å²) < 4.78 is 20.6. The van der Waals surface area contributed by atoms with Gasteiger partial charge < -0.3 is 4.74 Å². The van der Waals surface area contributed by atoms with Crippen LogP contribution in [0.4, 0.5) is 4.39 Å². The quantitative estimate of drug-likeness (QED) is 0.559. The highest BCUT2D eigenvalue weighted by Crippen LogP contribution is 2.40. The molecule has 0 atom stereocenters. The van der Waals surface area contributed by atoms with E-state index in [1.807, 2.05) is 6.07 Å². The highest BCUT2D eigenvalue weighted by molar-refractivity contribution is 6.30. The molecule has 2 aromatic carbocycles. The van der Waals surface area contributed by atoms with Crippen molar-refractivity contribution in [3.8, 4) is 11.1 Å². The molecule has 0 bridgehead atoms. The van der Waals surface area contributed by atoms with E-state index in [2.05, 4.69) is 52.8 Å². The molecule has 26 heavy (non-hydrogen) atoms. The molecular weight excluding hydrogens is 347 g/mol. The number of hydrogen-bond donors (Lipinski definition) is 0. The maximum Gasteiger partial charge on any atom is 0.132 e. The molecule has 138 valence electrons. The number of benzene rings is 2. The van der Waals surface area contributed by atoms with Gasteiger partial charge >= 0.3 is 0 Å². The van der Waals surface area contributed by atoms with Crippen LogP contribution in [0.3, 0.4) is 0 Å². The molecule has 0 aromatic heterocycles. The van der Waals surface area contributed by atoms with Gasteiger partial charge in [0.1, 0.15) is 5.82 Å². The maximum absolute atomic E-state index is 14.4. The third-order valence-electron chi connectivity index (χ3n) is 4.76. The molecule has 0 unspecified atom stereocenters. The van der Waals surface area contributed by atoms with Crippen molar-refractivity contribution in [2.45, 2.75) is 58.7 Å². The Kier molecular flexibility index (Phi) is 5.02. The fourth-order valence-corrected chi connectivity index (χ4v) is 4.11. The summed E-state index contributed by atoms with van der Waals surface area (Å²) in [4.78, 5) is 0. The summed E-state index contributed by atoms with van der Waals surface area (Å²) in [6.07, 6.45) is 3.96. The first-order chi connectivity index (χ1) is 12.1. The molecule has 0 spiro atoms. The van der Waals surface area contributed by atoms with Crippen LogP contribution in [0, 0.1) is 5.82 Å². The second kappa shape index (κ2) is 6.83. The van der Waals surface area contributed by atoms with Crippen LogP contribution < -0.4 is 0 Å². The highest BCUT2D eigenvalue weighted by Gasteiger charge is 2.34. The molecule has 0 fully saturated rings. The Hall–Kier alpha value is -1.64. The Morgan fingerprint density at radius 3 is 2.38 bits per heavy atom. The fraction of sp³-hybridized carbons (Fsp3) is 0.391. The number of hydrogen-bond acceptors (Lipinski definition) is 1. The van der Waals surface area contributed by atoms with Crippen LogP contribution in [0.5, 0.6) is 0 Å². The zero-order chi connectivity index (χ0) is 19.1. The predicted molar refractivity (Wildman–Crippen MR) is 108 cm³/mol. The van der Waals surface area contributed by atoms with Gasteiger partial charge in [-0.2, -0.15) is 0 Å². The van der Waals surface area contributed by atoms with E-state index < -0.39 is 0 Å². The summed E-state index contributed by atoms with van der Waals surface area (Å²) in [5, 5.41) is 0.410. The van der Waals surface area contributed by atoms with E-state index in [4.69, 9.17) is 16.3 Å². The summed E-state index contributed by atoms with van der Waals surface area (Å²) in [6.45, 7) is 10.6. The maximum atomic E-state index is 14.4. The van der Waals surface area contributed by atoms with Gasteiger partial charge in [-0.25, -0.2) is 4.39 Å². The number of halogens is 2. The monoisotopic (exact) mass is 372 g/mol. The lowest BCUT2D eigenvalue weighted by molar-refractivity contribution is -0.100. The van der Waals surface area contributed by atoms with Crippen molar-refractivity contribution >= 4 is 17.2 Å². The molecule has 0 saturated heterocycles. The first-order valence-electron chi connectivity index (χ1n) is 9.11. The van der Waals surface area contributed by atoms with Crippen LogP contribution in [-0.2, 0) is 11.2 Å². The van der Waals surface area contributed by atoms with E-state index in [0.717, 1.165) is 18.4 Å². The van der Waals surface area contributed by atoms with Crippen molar-refractivity contribution in [1.82, 2.24) is 0 Å². The van der Waals surface area contributed by atoms with E-state index in [9.17, 15) is 4.39 Å². The Morgan fingerprint density at radius 2 is 1.77 bits per heavy atom. The molecule has 0 radical (unpaired) electrons. The van der Waals surface area contributed by atoms with Gasteiger partial charge in [-0.1, -0.05) is 30.7 Å². The van der Waals surface area contributed by atoms with Gasteiger partial charge in [-0.15, -0.1) is 0 Å². The molecule has 0 saturated carbocycles. The van der Waals surface area contributed by atoms with Gasteiger partial charge in [-0.05, 0) is 86.7 Å².